The monoisotopic (exact) mass is 566 g/mol. The zero-order chi connectivity index (χ0) is 26.9. The van der Waals surface area contributed by atoms with Crippen LogP contribution in [0, 0.1) is 12.3 Å². The maximum atomic E-state index is 13.3. The molecule has 0 N–H and O–H groups in total. The number of carbonyl (C=O) groups is 1. The molecule has 6 rings (SSSR count). The Labute approximate surface area is 247 Å². The average molecular weight is 567 g/mol. The first kappa shape index (κ1) is 28.8. The fourth-order valence-electron chi connectivity index (χ4n) is 5.23. The maximum Gasteiger partial charge on any atom is 0.313 e. The molecule has 0 amide bonds. The third-order valence-corrected chi connectivity index (χ3v) is 6.95. The molecule has 200 valence electrons. The van der Waals surface area contributed by atoms with Crippen molar-refractivity contribution in [3.8, 4) is 0 Å². The second-order valence-corrected chi connectivity index (χ2v) is 9.35. The van der Waals surface area contributed by atoms with Crippen molar-refractivity contribution in [2.45, 2.75) is 6.42 Å². The molecule has 0 aliphatic heterocycles. The number of hydrogen-bond donors (Lipinski definition) is 0. The SMILES string of the molecule is COC(=O)C1CC(c2ccccc2)=C(c2ccccc2)C(c2ccccc2)=C1c1ccccc1.[CH]1C=CC=C1.[Co]. The van der Waals surface area contributed by atoms with E-state index in [4.69, 9.17) is 4.74 Å². The Kier molecular flexibility index (Phi) is 10.3. The van der Waals surface area contributed by atoms with E-state index >= 15 is 0 Å². The summed E-state index contributed by atoms with van der Waals surface area (Å²) in [5.41, 5.74) is 8.79. The normalized spacial score (nSPS) is 15.7. The molecule has 2 nitrogen and oxygen atoms in total. The number of methoxy groups -OCH3 is 1. The van der Waals surface area contributed by atoms with Crippen molar-refractivity contribution in [1.29, 1.82) is 0 Å². The predicted octanol–water partition coefficient (Wildman–Crippen LogP) is 8.72. The van der Waals surface area contributed by atoms with Gasteiger partial charge in [0.25, 0.3) is 0 Å². The molecule has 40 heavy (non-hydrogen) atoms. The molecular formula is C37H31CoO2. The Morgan fingerprint density at radius 3 is 1.43 bits per heavy atom. The van der Waals surface area contributed by atoms with Crippen molar-refractivity contribution < 1.29 is 26.3 Å². The van der Waals surface area contributed by atoms with Gasteiger partial charge in [0.15, 0.2) is 0 Å². The molecule has 1 unspecified atom stereocenters. The molecule has 2 aliphatic carbocycles. The van der Waals surface area contributed by atoms with Crippen LogP contribution in [0.25, 0.3) is 22.3 Å². The van der Waals surface area contributed by atoms with Gasteiger partial charge in [-0.05, 0) is 51.0 Å². The molecular weight excluding hydrogens is 535 g/mol. The van der Waals surface area contributed by atoms with Crippen LogP contribution in [-0.4, -0.2) is 13.1 Å². The molecule has 0 spiro atoms. The van der Waals surface area contributed by atoms with Gasteiger partial charge in [-0.2, -0.15) is 0 Å². The van der Waals surface area contributed by atoms with Crippen molar-refractivity contribution in [2.24, 2.45) is 5.92 Å². The van der Waals surface area contributed by atoms with Crippen LogP contribution >= 0.6 is 0 Å². The second-order valence-electron chi connectivity index (χ2n) is 9.35. The molecule has 0 saturated carbocycles. The summed E-state index contributed by atoms with van der Waals surface area (Å²) in [5, 5.41) is 0. The van der Waals surface area contributed by atoms with Gasteiger partial charge in [-0.3, -0.25) is 4.79 Å². The number of rotatable bonds is 5. The van der Waals surface area contributed by atoms with E-state index in [0.717, 1.165) is 44.5 Å². The summed E-state index contributed by atoms with van der Waals surface area (Å²) in [6, 6.07) is 41.5. The number of ether oxygens (including phenoxy) is 1. The zero-order valence-electron chi connectivity index (χ0n) is 22.4. The number of benzene rings is 4. The quantitative estimate of drug-likeness (QED) is 0.226. The van der Waals surface area contributed by atoms with Gasteiger partial charge in [-0.1, -0.05) is 146 Å². The summed E-state index contributed by atoms with van der Waals surface area (Å²) in [4.78, 5) is 13.3. The first-order chi connectivity index (χ1) is 19.3. The molecule has 0 heterocycles. The van der Waals surface area contributed by atoms with Gasteiger partial charge in [-0.15, -0.1) is 0 Å². The summed E-state index contributed by atoms with van der Waals surface area (Å²) in [7, 11) is 1.48. The van der Waals surface area contributed by atoms with E-state index in [9.17, 15) is 4.79 Å². The van der Waals surface area contributed by atoms with Crippen LogP contribution in [0.2, 0.25) is 0 Å². The Bertz CT molecular complexity index is 1510. The van der Waals surface area contributed by atoms with Crippen molar-refractivity contribution in [3.63, 3.8) is 0 Å². The predicted molar refractivity (Wildman–Crippen MR) is 162 cm³/mol. The van der Waals surface area contributed by atoms with Crippen molar-refractivity contribution >= 4 is 28.3 Å². The minimum Gasteiger partial charge on any atom is -0.469 e. The fraction of sp³-hybridized carbons (Fsp3) is 0.0811. The second kappa shape index (κ2) is 14.3. The van der Waals surface area contributed by atoms with E-state index in [1.807, 2.05) is 67.1 Å². The number of carbonyl (C=O) groups excluding carboxylic acids is 1. The third kappa shape index (κ3) is 6.51. The van der Waals surface area contributed by atoms with Crippen LogP contribution in [0.4, 0.5) is 0 Å². The van der Waals surface area contributed by atoms with E-state index in [-0.39, 0.29) is 22.7 Å². The maximum absolute atomic E-state index is 13.3. The number of allylic oxidation sites excluding steroid dienone is 7. The molecule has 4 aromatic carbocycles. The van der Waals surface area contributed by atoms with Crippen LogP contribution in [0.3, 0.4) is 0 Å². The molecule has 2 aliphatic rings. The molecule has 0 saturated heterocycles. The largest absolute Gasteiger partial charge is 0.469 e. The van der Waals surface area contributed by atoms with Crippen molar-refractivity contribution in [1.82, 2.24) is 0 Å². The van der Waals surface area contributed by atoms with Gasteiger partial charge in [0.05, 0.1) is 13.0 Å². The molecule has 0 fully saturated rings. The number of hydrogen-bond acceptors (Lipinski definition) is 2. The van der Waals surface area contributed by atoms with E-state index in [1.54, 1.807) is 0 Å². The van der Waals surface area contributed by atoms with Gasteiger partial charge in [-0.25, -0.2) is 0 Å². The topological polar surface area (TPSA) is 26.3 Å². The Hall–Kier alpha value is -4.18. The first-order valence-corrected chi connectivity index (χ1v) is 13.2. The number of esters is 1. The molecule has 0 aromatic heterocycles. The van der Waals surface area contributed by atoms with E-state index in [1.165, 1.54) is 7.11 Å². The van der Waals surface area contributed by atoms with E-state index in [0.29, 0.717) is 6.42 Å². The van der Waals surface area contributed by atoms with Gasteiger partial charge in [0, 0.05) is 23.2 Å². The fourth-order valence-corrected chi connectivity index (χ4v) is 5.23. The van der Waals surface area contributed by atoms with Gasteiger partial charge >= 0.3 is 5.97 Å². The minimum absolute atomic E-state index is 0. The van der Waals surface area contributed by atoms with Crippen LogP contribution in [0.5, 0.6) is 0 Å². The molecule has 0 bridgehead atoms. The van der Waals surface area contributed by atoms with Crippen LogP contribution in [-0.2, 0) is 26.3 Å². The summed E-state index contributed by atoms with van der Waals surface area (Å²) in [5.74, 6) is -0.627. The van der Waals surface area contributed by atoms with Crippen molar-refractivity contribution in [3.05, 3.63) is 174 Å². The zero-order valence-corrected chi connectivity index (χ0v) is 23.4. The van der Waals surface area contributed by atoms with E-state index in [2.05, 4.69) is 84.9 Å². The van der Waals surface area contributed by atoms with Gasteiger partial charge < -0.3 is 4.74 Å². The Balaban J connectivity index is 0.000000557. The average Bonchev–Trinajstić information content (AvgIpc) is 3.62. The summed E-state index contributed by atoms with van der Waals surface area (Å²) in [6.07, 6.45) is 10.6. The molecule has 2 radical (unpaired) electrons. The summed E-state index contributed by atoms with van der Waals surface area (Å²) < 4.78 is 5.36. The van der Waals surface area contributed by atoms with Crippen LogP contribution in [0.15, 0.2) is 146 Å². The smallest absolute Gasteiger partial charge is 0.313 e. The Morgan fingerprint density at radius 1 is 0.575 bits per heavy atom. The minimum atomic E-state index is -0.412. The standard InChI is InChI=1S/C32H26O2.C5H5.Co/c1-34-32(33)28-22-27(23-14-6-2-7-15-23)29(24-16-8-3-9-17-24)31(26-20-12-5-13-21-26)30(28)25-18-10-4-11-19-25;1-2-4-5-3-1;/h2-21,28H,22H2,1H3;1-5H;. The Morgan fingerprint density at radius 2 is 1.00 bits per heavy atom. The van der Waals surface area contributed by atoms with Crippen LogP contribution < -0.4 is 0 Å². The summed E-state index contributed by atoms with van der Waals surface area (Å²) in [6.45, 7) is 0. The van der Waals surface area contributed by atoms with Crippen LogP contribution in [0.1, 0.15) is 28.7 Å². The third-order valence-electron chi connectivity index (χ3n) is 6.95. The van der Waals surface area contributed by atoms with Gasteiger partial charge in [0.1, 0.15) is 0 Å². The molecule has 3 heteroatoms. The first-order valence-electron chi connectivity index (χ1n) is 13.2. The summed E-state index contributed by atoms with van der Waals surface area (Å²) >= 11 is 0. The van der Waals surface area contributed by atoms with Gasteiger partial charge in [0.2, 0.25) is 0 Å². The van der Waals surface area contributed by atoms with Crippen molar-refractivity contribution in [2.75, 3.05) is 7.11 Å². The molecule has 1 atom stereocenters. The van der Waals surface area contributed by atoms with E-state index < -0.39 is 5.92 Å². The molecule has 4 aromatic rings.